The highest BCUT2D eigenvalue weighted by Gasteiger charge is 2.25. The minimum Gasteiger partial charge on any atom is -0.462 e. The van der Waals surface area contributed by atoms with Gasteiger partial charge in [-0.3, -0.25) is 18.6 Å². The number of nitrogens with two attached hydrogens (primary N) is 1. The van der Waals surface area contributed by atoms with E-state index in [9.17, 15) is 19.0 Å². The van der Waals surface area contributed by atoms with Gasteiger partial charge in [-0.1, -0.05) is 131 Å². The molecule has 1 unspecified atom stereocenters. The van der Waals surface area contributed by atoms with E-state index in [0.717, 1.165) is 70.6 Å². The molecule has 0 aliphatic carbocycles. The molecule has 0 aliphatic heterocycles. The summed E-state index contributed by atoms with van der Waals surface area (Å²) in [5.41, 5.74) is 5.34. The molecule has 0 saturated heterocycles. The number of esters is 2. The zero-order valence-corrected chi connectivity index (χ0v) is 35.3. The Morgan fingerprint density at radius 3 is 1.40 bits per heavy atom. The number of ether oxygens (including phenoxy) is 2. The molecule has 0 aromatic heterocycles. The van der Waals surface area contributed by atoms with Crippen LogP contribution in [0.1, 0.15) is 155 Å². The molecule has 3 N–H and O–H groups in total. The Kier molecular flexibility index (Phi) is 38.8. The highest BCUT2D eigenvalue weighted by Crippen LogP contribution is 2.43. The van der Waals surface area contributed by atoms with E-state index in [0.29, 0.717) is 12.8 Å². The minimum absolute atomic E-state index is 0.0380. The largest absolute Gasteiger partial charge is 0.472 e. The molecule has 0 aromatic carbocycles. The number of phosphoric acid groups is 1. The molecule has 9 nitrogen and oxygen atoms in total. The standard InChI is InChI=1S/C45H76NO8P/c1-3-5-7-9-11-13-15-17-19-20-21-22-24-26-28-30-32-34-36-38-45(48)54-43(42-53-55(49,50)52-40-39-46)41-51-44(47)37-35-33-31-29-27-25-23-18-16-14-12-10-8-6-4-2/h11-14,17-19,21-23,26-29,43H,3-10,15-16,20,24-25,30-42,46H2,1-2H3,(H,49,50)/t43-/m1/s1. The van der Waals surface area contributed by atoms with Gasteiger partial charge in [-0.25, -0.2) is 4.57 Å². The number of hydrogen-bond acceptors (Lipinski definition) is 8. The summed E-state index contributed by atoms with van der Waals surface area (Å²) in [4.78, 5) is 34.8. The van der Waals surface area contributed by atoms with E-state index in [-0.39, 0.29) is 32.6 Å². The van der Waals surface area contributed by atoms with Gasteiger partial charge in [0.2, 0.25) is 0 Å². The molecule has 0 amide bonds. The van der Waals surface area contributed by atoms with Crippen molar-refractivity contribution in [2.24, 2.45) is 5.73 Å². The van der Waals surface area contributed by atoms with Crippen molar-refractivity contribution in [3.63, 3.8) is 0 Å². The van der Waals surface area contributed by atoms with Crippen LogP contribution in [0.15, 0.2) is 85.1 Å². The molecular formula is C45H76NO8P. The smallest absolute Gasteiger partial charge is 0.462 e. The summed E-state index contributed by atoms with van der Waals surface area (Å²) < 4.78 is 32.7. The summed E-state index contributed by atoms with van der Waals surface area (Å²) >= 11 is 0. The van der Waals surface area contributed by atoms with Crippen molar-refractivity contribution in [3.05, 3.63) is 85.1 Å². The van der Waals surface area contributed by atoms with Crippen LogP contribution in [0.2, 0.25) is 0 Å². The topological polar surface area (TPSA) is 134 Å². The van der Waals surface area contributed by atoms with Crippen molar-refractivity contribution in [2.45, 2.75) is 161 Å². The van der Waals surface area contributed by atoms with Gasteiger partial charge < -0.3 is 20.1 Å². The molecule has 0 aliphatic rings. The van der Waals surface area contributed by atoms with Gasteiger partial charge in [0.25, 0.3) is 0 Å². The van der Waals surface area contributed by atoms with Gasteiger partial charge in [-0.2, -0.15) is 0 Å². The lowest BCUT2D eigenvalue weighted by atomic mass is 10.1. The minimum atomic E-state index is -4.40. The lowest BCUT2D eigenvalue weighted by Crippen LogP contribution is -2.29. The first-order chi connectivity index (χ1) is 26.8. The van der Waals surface area contributed by atoms with Crippen molar-refractivity contribution >= 4 is 19.8 Å². The molecule has 0 spiro atoms. The molecule has 0 bridgehead atoms. The lowest BCUT2D eigenvalue weighted by molar-refractivity contribution is -0.161. The van der Waals surface area contributed by atoms with E-state index in [2.05, 4.69) is 98.9 Å². The normalized spacial score (nSPS) is 14.2. The van der Waals surface area contributed by atoms with Gasteiger partial charge in [-0.15, -0.1) is 0 Å². The van der Waals surface area contributed by atoms with Gasteiger partial charge >= 0.3 is 19.8 Å². The summed E-state index contributed by atoms with van der Waals surface area (Å²) in [6.07, 6.45) is 50.4. The maximum atomic E-state index is 12.6. The summed E-state index contributed by atoms with van der Waals surface area (Å²) in [7, 11) is -4.40. The average molecular weight is 790 g/mol. The van der Waals surface area contributed by atoms with Crippen molar-refractivity contribution < 1.29 is 37.6 Å². The van der Waals surface area contributed by atoms with Gasteiger partial charge in [0.15, 0.2) is 6.10 Å². The second kappa shape index (κ2) is 40.8. The first-order valence-corrected chi connectivity index (χ1v) is 22.6. The molecular weight excluding hydrogens is 713 g/mol. The number of phosphoric ester groups is 1. The van der Waals surface area contributed by atoms with Crippen LogP contribution < -0.4 is 5.73 Å². The van der Waals surface area contributed by atoms with Crippen LogP contribution in [0.5, 0.6) is 0 Å². The molecule has 0 saturated carbocycles. The fourth-order valence-electron chi connectivity index (χ4n) is 5.09. The highest BCUT2D eigenvalue weighted by molar-refractivity contribution is 7.47. The number of hydrogen-bond donors (Lipinski definition) is 2. The average Bonchev–Trinajstić information content (AvgIpc) is 3.17. The van der Waals surface area contributed by atoms with E-state index >= 15 is 0 Å². The van der Waals surface area contributed by atoms with Crippen molar-refractivity contribution in [2.75, 3.05) is 26.4 Å². The van der Waals surface area contributed by atoms with Crippen LogP contribution in [0.4, 0.5) is 0 Å². The summed E-state index contributed by atoms with van der Waals surface area (Å²) in [5.74, 6) is -0.919. The summed E-state index contributed by atoms with van der Waals surface area (Å²) in [6.45, 7) is 3.57. The highest BCUT2D eigenvalue weighted by atomic mass is 31.2. The number of allylic oxidation sites excluding steroid dienone is 14. The Labute approximate surface area is 334 Å². The Hall–Kier alpha value is -2.81. The van der Waals surface area contributed by atoms with E-state index in [1.807, 2.05) is 0 Å². The molecule has 10 heteroatoms. The van der Waals surface area contributed by atoms with Crippen LogP contribution in [-0.2, 0) is 32.7 Å². The summed E-state index contributed by atoms with van der Waals surface area (Å²) in [6, 6.07) is 0. The van der Waals surface area contributed by atoms with Crippen LogP contribution in [0, 0.1) is 0 Å². The molecule has 2 atom stereocenters. The third kappa shape index (κ3) is 40.7. The van der Waals surface area contributed by atoms with Crippen LogP contribution in [-0.4, -0.2) is 49.3 Å². The predicted octanol–water partition coefficient (Wildman–Crippen LogP) is 12.0. The molecule has 0 rings (SSSR count). The second-order valence-corrected chi connectivity index (χ2v) is 14.9. The first-order valence-electron chi connectivity index (χ1n) is 21.1. The van der Waals surface area contributed by atoms with Gasteiger partial charge in [0, 0.05) is 19.4 Å². The zero-order valence-electron chi connectivity index (χ0n) is 34.4. The molecule has 0 aromatic rings. The third-order valence-electron chi connectivity index (χ3n) is 8.25. The van der Waals surface area contributed by atoms with Gasteiger partial charge in [0.05, 0.1) is 13.2 Å². The van der Waals surface area contributed by atoms with Crippen molar-refractivity contribution in [3.8, 4) is 0 Å². The molecule has 314 valence electrons. The van der Waals surface area contributed by atoms with Crippen LogP contribution in [0.3, 0.4) is 0 Å². The Balaban J connectivity index is 4.33. The van der Waals surface area contributed by atoms with Crippen LogP contribution >= 0.6 is 7.82 Å². The number of rotatable bonds is 38. The van der Waals surface area contributed by atoms with E-state index in [1.54, 1.807) is 0 Å². The fraction of sp³-hybridized carbons (Fsp3) is 0.644. The lowest BCUT2D eigenvalue weighted by Gasteiger charge is -2.19. The van der Waals surface area contributed by atoms with E-state index in [1.165, 1.54) is 44.9 Å². The van der Waals surface area contributed by atoms with Crippen molar-refractivity contribution in [1.82, 2.24) is 0 Å². The first kappa shape index (κ1) is 52.2. The van der Waals surface area contributed by atoms with Crippen molar-refractivity contribution in [1.29, 1.82) is 0 Å². The zero-order chi connectivity index (χ0) is 40.3. The maximum Gasteiger partial charge on any atom is 0.472 e. The Morgan fingerprint density at radius 2 is 0.945 bits per heavy atom. The van der Waals surface area contributed by atoms with E-state index < -0.39 is 32.5 Å². The Bertz CT molecular complexity index is 1170. The van der Waals surface area contributed by atoms with Crippen LogP contribution in [0.25, 0.3) is 0 Å². The predicted molar refractivity (Wildman–Crippen MR) is 229 cm³/mol. The third-order valence-corrected chi connectivity index (χ3v) is 9.24. The monoisotopic (exact) mass is 790 g/mol. The van der Waals surface area contributed by atoms with Gasteiger partial charge in [-0.05, 0) is 96.3 Å². The SMILES string of the molecule is CCCCCC=CCC=CCC=CCC=CCCCCCC(=O)O[C@H](COC(=O)CCCCC=CCC=CCC=CCCCCC)COP(=O)(O)OCCN. The fourth-order valence-corrected chi connectivity index (χ4v) is 5.86. The summed E-state index contributed by atoms with van der Waals surface area (Å²) in [5, 5.41) is 0. The molecule has 0 heterocycles. The Morgan fingerprint density at radius 1 is 0.545 bits per heavy atom. The number of carbonyl (C=O) groups is 2. The van der Waals surface area contributed by atoms with Gasteiger partial charge in [0.1, 0.15) is 6.61 Å². The molecule has 0 fully saturated rings. The maximum absolute atomic E-state index is 12.6. The quantitative estimate of drug-likeness (QED) is 0.0271. The second-order valence-electron chi connectivity index (χ2n) is 13.5. The van der Waals surface area contributed by atoms with E-state index in [4.69, 9.17) is 24.3 Å². The number of carbonyl (C=O) groups excluding carboxylic acids is 2. The molecule has 0 radical (unpaired) electrons. The number of unbranched alkanes of at least 4 members (excludes halogenated alkanes) is 11. The molecule has 55 heavy (non-hydrogen) atoms.